The van der Waals surface area contributed by atoms with Gasteiger partial charge in [0.2, 0.25) is 15.9 Å². The summed E-state index contributed by atoms with van der Waals surface area (Å²) in [6, 6.07) is 22.2. The highest BCUT2D eigenvalue weighted by molar-refractivity contribution is 7.89. The molecule has 3 aromatic carbocycles. The molecule has 3 N–H and O–H groups in total. The standard InChI is InChI=1S/C26H28N2O5S/c1-18(2)25(26(30)31)28-34(32,33)23-14-12-22(13-15-23)21-10-8-19(9-11-21)16-24(29)27-17-20-6-4-3-5-7-20/h3-15,18,25,28H,16-17H2,1-2H3,(H,27,29)(H,30,31). The van der Waals surface area contributed by atoms with Crippen molar-refractivity contribution in [2.24, 2.45) is 5.92 Å². The Bertz CT molecular complexity index is 1220. The van der Waals surface area contributed by atoms with Crippen LogP contribution in [0, 0.1) is 5.92 Å². The summed E-state index contributed by atoms with van der Waals surface area (Å²) in [4.78, 5) is 23.6. The van der Waals surface area contributed by atoms with Crippen molar-refractivity contribution in [3.05, 3.63) is 90.0 Å². The van der Waals surface area contributed by atoms with Crippen LogP contribution in [-0.4, -0.2) is 31.4 Å². The Morgan fingerprint density at radius 3 is 1.91 bits per heavy atom. The van der Waals surface area contributed by atoms with Gasteiger partial charge in [-0.25, -0.2) is 8.42 Å². The van der Waals surface area contributed by atoms with Crippen LogP contribution >= 0.6 is 0 Å². The summed E-state index contributed by atoms with van der Waals surface area (Å²) in [6.07, 6.45) is 0.260. The zero-order valence-electron chi connectivity index (χ0n) is 19.1. The van der Waals surface area contributed by atoms with Gasteiger partial charge in [0.25, 0.3) is 0 Å². The fraction of sp³-hybridized carbons (Fsp3) is 0.231. The number of carboxylic acid groups (broad SMARTS) is 1. The van der Waals surface area contributed by atoms with E-state index in [4.69, 9.17) is 0 Å². The zero-order valence-corrected chi connectivity index (χ0v) is 19.9. The molecule has 1 amide bonds. The molecule has 7 nitrogen and oxygen atoms in total. The molecule has 0 aromatic heterocycles. The van der Waals surface area contributed by atoms with Crippen molar-refractivity contribution in [2.75, 3.05) is 0 Å². The minimum Gasteiger partial charge on any atom is -0.480 e. The third-order valence-corrected chi connectivity index (χ3v) is 6.82. The number of hydrogen-bond donors (Lipinski definition) is 3. The normalized spacial score (nSPS) is 12.3. The molecule has 0 bridgehead atoms. The largest absolute Gasteiger partial charge is 0.480 e. The maximum atomic E-state index is 12.6. The van der Waals surface area contributed by atoms with Gasteiger partial charge in [-0.2, -0.15) is 4.72 Å². The van der Waals surface area contributed by atoms with Gasteiger partial charge in [-0.05, 0) is 40.3 Å². The summed E-state index contributed by atoms with van der Waals surface area (Å²) in [5.74, 6) is -1.69. The molecule has 0 saturated heterocycles. The number of rotatable bonds is 10. The lowest BCUT2D eigenvalue weighted by molar-refractivity contribution is -0.140. The molecule has 0 fully saturated rings. The topological polar surface area (TPSA) is 113 Å². The first-order valence-electron chi connectivity index (χ1n) is 10.9. The van der Waals surface area contributed by atoms with Crippen LogP contribution in [0.2, 0.25) is 0 Å². The van der Waals surface area contributed by atoms with E-state index in [1.165, 1.54) is 12.1 Å². The van der Waals surface area contributed by atoms with Gasteiger partial charge >= 0.3 is 5.97 Å². The predicted octanol–water partition coefficient (Wildman–Crippen LogP) is 3.60. The Balaban J connectivity index is 1.62. The molecular formula is C26H28N2O5S. The van der Waals surface area contributed by atoms with Crippen molar-refractivity contribution in [3.8, 4) is 11.1 Å². The second-order valence-corrected chi connectivity index (χ2v) is 10.1. The number of carbonyl (C=O) groups is 2. The Morgan fingerprint density at radius 2 is 1.38 bits per heavy atom. The molecule has 0 aliphatic heterocycles. The molecule has 3 aromatic rings. The number of hydrogen-bond acceptors (Lipinski definition) is 4. The van der Waals surface area contributed by atoms with Gasteiger partial charge in [-0.1, -0.05) is 80.6 Å². The number of carboxylic acids is 1. The number of amides is 1. The van der Waals surface area contributed by atoms with E-state index in [0.717, 1.165) is 22.3 Å². The van der Waals surface area contributed by atoms with E-state index in [1.807, 2.05) is 54.6 Å². The van der Waals surface area contributed by atoms with Gasteiger partial charge in [0.05, 0.1) is 11.3 Å². The summed E-state index contributed by atoms with van der Waals surface area (Å²) >= 11 is 0. The van der Waals surface area contributed by atoms with E-state index in [2.05, 4.69) is 10.0 Å². The quantitative estimate of drug-likeness (QED) is 0.410. The molecule has 8 heteroatoms. The van der Waals surface area contributed by atoms with Gasteiger partial charge in [-0.15, -0.1) is 0 Å². The number of sulfonamides is 1. The molecule has 0 radical (unpaired) electrons. The first-order valence-corrected chi connectivity index (χ1v) is 12.4. The lowest BCUT2D eigenvalue weighted by Gasteiger charge is -2.18. The fourth-order valence-corrected chi connectivity index (χ4v) is 4.73. The van der Waals surface area contributed by atoms with E-state index < -0.39 is 28.0 Å². The summed E-state index contributed by atoms with van der Waals surface area (Å²) in [5.41, 5.74) is 3.58. The highest BCUT2D eigenvalue weighted by Gasteiger charge is 2.27. The van der Waals surface area contributed by atoms with Crippen LogP contribution in [-0.2, 0) is 32.6 Å². The van der Waals surface area contributed by atoms with Crippen molar-refractivity contribution in [2.45, 2.75) is 37.8 Å². The van der Waals surface area contributed by atoms with Crippen LogP contribution in [0.4, 0.5) is 0 Å². The molecule has 0 saturated carbocycles. The third kappa shape index (κ3) is 6.76. The zero-order chi connectivity index (χ0) is 24.7. The molecule has 0 heterocycles. The molecule has 3 rings (SSSR count). The second kappa shape index (κ2) is 11.1. The Labute approximate surface area is 199 Å². The van der Waals surface area contributed by atoms with Crippen LogP contribution in [0.3, 0.4) is 0 Å². The predicted molar refractivity (Wildman–Crippen MR) is 130 cm³/mol. The minimum absolute atomic E-state index is 0.00476. The average molecular weight is 481 g/mol. The van der Waals surface area contributed by atoms with Crippen LogP contribution in [0.15, 0.2) is 83.8 Å². The van der Waals surface area contributed by atoms with Gasteiger partial charge in [0, 0.05) is 6.54 Å². The molecule has 0 aliphatic carbocycles. The molecule has 178 valence electrons. The number of nitrogens with one attached hydrogen (secondary N) is 2. The van der Waals surface area contributed by atoms with E-state index >= 15 is 0 Å². The fourth-order valence-electron chi connectivity index (χ4n) is 3.39. The average Bonchev–Trinajstić information content (AvgIpc) is 2.82. The monoisotopic (exact) mass is 480 g/mol. The van der Waals surface area contributed by atoms with Crippen molar-refractivity contribution < 1.29 is 23.1 Å². The highest BCUT2D eigenvalue weighted by atomic mass is 32.2. The molecule has 1 atom stereocenters. The van der Waals surface area contributed by atoms with Crippen LogP contribution in [0.5, 0.6) is 0 Å². The minimum atomic E-state index is -3.97. The summed E-state index contributed by atoms with van der Waals surface area (Å²) in [6.45, 7) is 3.76. The first kappa shape index (κ1) is 25.1. The lowest BCUT2D eigenvalue weighted by Crippen LogP contribution is -2.44. The SMILES string of the molecule is CC(C)C(NS(=O)(=O)c1ccc(-c2ccc(CC(=O)NCc3ccccc3)cc2)cc1)C(=O)O. The Morgan fingerprint density at radius 1 is 0.824 bits per heavy atom. The van der Waals surface area contributed by atoms with E-state index in [1.54, 1.807) is 26.0 Å². The molecule has 1 unspecified atom stereocenters. The van der Waals surface area contributed by atoms with E-state index in [-0.39, 0.29) is 17.2 Å². The summed E-state index contributed by atoms with van der Waals surface area (Å²) in [7, 11) is -3.97. The Hall–Kier alpha value is -3.49. The number of aliphatic carboxylic acids is 1. The second-order valence-electron chi connectivity index (χ2n) is 8.34. The maximum absolute atomic E-state index is 12.6. The smallest absolute Gasteiger partial charge is 0.322 e. The third-order valence-electron chi connectivity index (χ3n) is 5.36. The molecule has 34 heavy (non-hydrogen) atoms. The summed E-state index contributed by atoms with van der Waals surface area (Å²) in [5, 5.41) is 12.2. The van der Waals surface area contributed by atoms with Crippen molar-refractivity contribution >= 4 is 21.9 Å². The van der Waals surface area contributed by atoms with Gasteiger partial charge in [0.15, 0.2) is 0 Å². The maximum Gasteiger partial charge on any atom is 0.322 e. The molecular weight excluding hydrogens is 452 g/mol. The van der Waals surface area contributed by atoms with E-state index in [9.17, 15) is 23.1 Å². The number of benzene rings is 3. The Kier molecular flexibility index (Phi) is 8.20. The summed E-state index contributed by atoms with van der Waals surface area (Å²) < 4.78 is 27.4. The van der Waals surface area contributed by atoms with E-state index in [0.29, 0.717) is 6.54 Å². The van der Waals surface area contributed by atoms with Crippen LogP contribution in [0.1, 0.15) is 25.0 Å². The van der Waals surface area contributed by atoms with Crippen molar-refractivity contribution in [1.29, 1.82) is 0 Å². The lowest BCUT2D eigenvalue weighted by atomic mass is 10.0. The van der Waals surface area contributed by atoms with Crippen molar-refractivity contribution in [3.63, 3.8) is 0 Å². The van der Waals surface area contributed by atoms with Crippen molar-refractivity contribution in [1.82, 2.24) is 10.0 Å². The van der Waals surface area contributed by atoms with Crippen LogP contribution < -0.4 is 10.0 Å². The van der Waals surface area contributed by atoms with Crippen LogP contribution in [0.25, 0.3) is 11.1 Å². The molecule has 0 spiro atoms. The molecule has 0 aliphatic rings. The first-order chi connectivity index (χ1) is 16.2. The van der Waals surface area contributed by atoms with Gasteiger partial charge in [-0.3, -0.25) is 9.59 Å². The van der Waals surface area contributed by atoms with Gasteiger partial charge in [0.1, 0.15) is 6.04 Å². The number of carbonyl (C=O) groups excluding carboxylic acids is 1. The van der Waals surface area contributed by atoms with Gasteiger partial charge < -0.3 is 10.4 Å². The highest BCUT2D eigenvalue weighted by Crippen LogP contribution is 2.22.